The molecule has 0 N–H and O–H groups in total. The highest BCUT2D eigenvalue weighted by Crippen LogP contribution is 2.28. The molecule has 0 spiro atoms. The Kier molecular flexibility index (Phi) is 6.91. The highest BCUT2D eigenvalue weighted by Gasteiger charge is 2.24. The van der Waals surface area contributed by atoms with Crippen LogP contribution in [0.4, 0.5) is 11.4 Å². The molecule has 1 aliphatic heterocycles. The lowest BCUT2D eigenvalue weighted by Crippen LogP contribution is -2.48. The molecule has 1 amide bonds. The Hall–Kier alpha value is -3.83. The van der Waals surface area contributed by atoms with Crippen molar-refractivity contribution in [2.45, 2.75) is 10.6 Å². The van der Waals surface area contributed by atoms with Gasteiger partial charge in [0.25, 0.3) is 11.6 Å². The molecule has 7 nitrogen and oxygen atoms in total. The molecule has 1 saturated heterocycles. The fourth-order valence-corrected chi connectivity index (χ4v) is 4.75. The number of rotatable bonds is 6. The fourth-order valence-electron chi connectivity index (χ4n) is 3.75. The summed E-state index contributed by atoms with van der Waals surface area (Å²) in [5, 5.41) is 20.0. The number of anilines is 1. The highest BCUT2D eigenvalue weighted by atomic mass is 32.2. The molecule has 0 bridgehead atoms. The summed E-state index contributed by atoms with van der Waals surface area (Å²) in [4.78, 5) is 28.8. The summed E-state index contributed by atoms with van der Waals surface area (Å²) in [5.41, 5.74) is 3.27. The first-order valence-corrected chi connectivity index (χ1v) is 11.5. The number of hydrogen-bond donors (Lipinski definition) is 0. The number of nitrogens with zero attached hydrogens (tertiary/aromatic N) is 4. The van der Waals surface area contributed by atoms with Crippen molar-refractivity contribution in [3.63, 3.8) is 0 Å². The number of amides is 1. The quantitative estimate of drug-likeness (QED) is 0.302. The van der Waals surface area contributed by atoms with Crippen molar-refractivity contribution in [3.05, 3.63) is 99.6 Å². The van der Waals surface area contributed by atoms with Crippen LogP contribution in [0.2, 0.25) is 0 Å². The number of nitro groups is 1. The predicted molar refractivity (Wildman–Crippen MR) is 128 cm³/mol. The van der Waals surface area contributed by atoms with Gasteiger partial charge in [0.1, 0.15) is 0 Å². The summed E-state index contributed by atoms with van der Waals surface area (Å²) < 4.78 is 0. The molecule has 1 aliphatic rings. The van der Waals surface area contributed by atoms with Crippen LogP contribution in [0.15, 0.2) is 77.7 Å². The van der Waals surface area contributed by atoms with Crippen LogP contribution >= 0.6 is 11.8 Å². The zero-order chi connectivity index (χ0) is 23.2. The molecule has 8 heteroatoms. The van der Waals surface area contributed by atoms with Crippen molar-refractivity contribution in [3.8, 4) is 6.07 Å². The molecule has 0 unspecified atom stereocenters. The molecule has 3 aromatic carbocycles. The van der Waals surface area contributed by atoms with E-state index in [4.69, 9.17) is 5.26 Å². The second-order valence-electron chi connectivity index (χ2n) is 7.65. The molecule has 1 heterocycles. The second-order valence-corrected chi connectivity index (χ2v) is 8.67. The van der Waals surface area contributed by atoms with E-state index < -0.39 is 4.92 Å². The van der Waals surface area contributed by atoms with E-state index in [-0.39, 0.29) is 11.6 Å². The van der Waals surface area contributed by atoms with E-state index in [0.717, 1.165) is 16.1 Å². The van der Waals surface area contributed by atoms with Gasteiger partial charge in [-0.25, -0.2) is 0 Å². The van der Waals surface area contributed by atoms with Crippen LogP contribution in [-0.2, 0) is 5.75 Å². The normalized spacial score (nSPS) is 13.4. The lowest BCUT2D eigenvalue weighted by Gasteiger charge is -2.36. The molecule has 1 fully saturated rings. The first-order chi connectivity index (χ1) is 16.0. The number of nitro benzene ring substituents is 1. The molecule has 0 atom stereocenters. The maximum Gasteiger partial charge on any atom is 0.271 e. The Morgan fingerprint density at radius 1 is 1.00 bits per heavy atom. The Labute approximate surface area is 196 Å². The number of nitriles is 1. The van der Waals surface area contributed by atoms with E-state index in [2.05, 4.69) is 11.0 Å². The lowest BCUT2D eigenvalue weighted by atomic mass is 10.1. The Bertz CT molecular complexity index is 1200. The van der Waals surface area contributed by atoms with Crippen LogP contribution < -0.4 is 4.90 Å². The average molecular weight is 459 g/mol. The van der Waals surface area contributed by atoms with Gasteiger partial charge in [-0.2, -0.15) is 5.26 Å². The maximum absolute atomic E-state index is 13.3. The summed E-state index contributed by atoms with van der Waals surface area (Å²) in [7, 11) is 0. The molecular weight excluding hydrogens is 436 g/mol. The number of non-ortho nitro benzene ring substituents is 1. The van der Waals surface area contributed by atoms with Gasteiger partial charge in [-0.1, -0.05) is 30.3 Å². The summed E-state index contributed by atoms with van der Waals surface area (Å²) in [5.74, 6) is 0.702. The van der Waals surface area contributed by atoms with Gasteiger partial charge in [0.15, 0.2) is 0 Å². The van der Waals surface area contributed by atoms with Gasteiger partial charge in [-0.05, 0) is 35.9 Å². The molecule has 166 valence electrons. The molecular formula is C25H22N4O3S. The maximum atomic E-state index is 13.3. The second kappa shape index (κ2) is 10.2. The zero-order valence-electron chi connectivity index (χ0n) is 17.9. The Morgan fingerprint density at radius 2 is 1.73 bits per heavy atom. The van der Waals surface area contributed by atoms with Crippen molar-refractivity contribution in [1.82, 2.24) is 4.90 Å². The SMILES string of the molecule is N#Cc1ccc(CSc2ccccc2C(=O)N2CCN(c3cccc([N+](=O)[O-])c3)CC2)cc1. The van der Waals surface area contributed by atoms with E-state index >= 15 is 0 Å². The molecule has 4 rings (SSSR count). The van der Waals surface area contributed by atoms with Crippen molar-refractivity contribution >= 4 is 29.0 Å². The van der Waals surface area contributed by atoms with Crippen LogP contribution in [0.25, 0.3) is 0 Å². The van der Waals surface area contributed by atoms with Crippen LogP contribution in [0.1, 0.15) is 21.5 Å². The third-order valence-electron chi connectivity index (χ3n) is 5.57. The van der Waals surface area contributed by atoms with Crippen LogP contribution in [0, 0.1) is 21.4 Å². The van der Waals surface area contributed by atoms with Crippen molar-refractivity contribution in [2.75, 3.05) is 31.1 Å². The predicted octanol–water partition coefficient (Wildman–Crippen LogP) is 4.72. The van der Waals surface area contributed by atoms with Gasteiger partial charge in [0.05, 0.1) is 22.1 Å². The van der Waals surface area contributed by atoms with E-state index in [0.29, 0.717) is 43.1 Å². The minimum Gasteiger partial charge on any atom is -0.368 e. The Morgan fingerprint density at radius 3 is 2.42 bits per heavy atom. The van der Waals surface area contributed by atoms with Crippen molar-refractivity contribution < 1.29 is 9.72 Å². The zero-order valence-corrected chi connectivity index (χ0v) is 18.7. The summed E-state index contributed by atoms with van der Waals surface area (Å²) in [6, 6.07) is 23.8. The van der Waals surface area contributed by atoms with Crippen LogP contribution in [-0.4, -0.2) is 41.9 Å². The minimum atomic E-state index is -0.393. The van der Waals surface area contributed by atoms with E-state index in [1.807, 2.05) is 47.4 Å². The van der Waals surface area contributed by atoms with Gasteiger partial charge >= 0.3 is 0 Å². The van der Waals surface area contributed by atoms with E-state index in [1.165, 1.54) is 6.07 Å². The lowest BCUT2D eigenvalue weighted by molar-refractivity contribution is -0.384. The van der Waals surface area contributed by atoms with Crippen molar-refractivity contribution in [1.29, 1.82) is 5.26 Å². The minimum absolute atomic E-state index is 0.00313. The first-order valence-electron chi connectivity index (χ1n) is 10.5. The first kappa shape index (κ1) is 22.4. The number of hydrogen-bond acceptors (Lipinski definition) is 6. The largest absolute Gasteiger partial charge is 0.368 e. The van der Waals surface area contributed by atoms with Gasteiger partial charge < -0.3 is 9.80 Å². The van der Waals surface area contributed by atoms with Crippen LogP contribution in [0.5, 0.6) is 0 Å². The number of carbonyl (C=O) groups is 1. The number of thioether (sulfide) groups is 1. The van der Waals surface area contributed by atoms with Gasteiger partial charge in [-0.15, -0.1) is 11.8 Å². The number of carbonyl (C=O) groups excluding carboxylic acids is 1. The third kappa shape index (κ3) is 5.33. The molecule has 0 saturated carbocycles. The topological polar surface area (TPSA) is 90.5 Å². The average Bonchev–Trinajstić information content (AvgIpc) is 2.87. The number of benzene rings is 3. The summed E-state index contributed by atoms with van der Waals surface area (Å²) in [6.45, 7) is 2.34. The molecule has 3 aromatic rings. The monoisotopic (exact) mass is 458 g/mol. The van der Waals surface area contributed by atoms with Gasteiger partial charge in [0.2, 0.25) is 0 Å². The molecule has 0 radical (unpaired) electrons. The molecule has 33 heavy (non-hydrogen) atoms. The highest BCUT2D eigenvalue weighted by molar-refractivity contribution is 7.98. The standard InChI is InChI=1S/C25H22N4O3S/c26-17-19-8-10-20(11-9-19)18-33-24-7-2-1-6-23(24)25(30)28-14-12-27(13-15-28)21-4-3-5-22(16-21)29(31)32/h1-11,16H,12-15,18H2. The number of piperazine rings is 1. The molecule has 0 aromatic heterocycles. The Balaban J connectivity index is 1.40. The summed E-state index contributed by atoms with van der Waals surface area (Å²) >= 11 is 1.60. The van der Waals surface area contributed by atoms with Crippen molar-refractivity contribution in [2.24, 2.45) is 0 Å². The van der Waals surface area contributed by atoms with Gasteiger partial charge in [-0.3, -0.25) is 14.9 Å². The van der Waals surface area contributed by atoms with E-state index in [1.54, 1.807) is 36.0 Å². The summed E-state index contributed by atoms with van der Waals surface area (Å²) in [6.07, 6.45) is 0. The van der Waals surface area contributed by atoms with Gasteiger partial charge in [0, 0.05) is 54.6 Å². The molecule has 0 aliphatic carbocycles. The van der Waals surface area contributed by atoms with E-state index in [9.17, 15) is 14.9 Å². The fraction of sp³-hybridized carbons (Fsp3) is 0.200. The smallest absolute Gasteiger partial charge is 0.271 e. The third-order valence-corrected chi connectivity index (χ3v) is 6.71. The van der Waals surface area contributed by atoms with Crippen LogP contribution in [0.3, 0.4) is 0 Å².